The average molecular weight is 462 g/mol. The van der Waals surface area contributed by atoms with Crippen LogP contribution in [0.5, 0.6) is 0 Å². The molecular formula is C27H23N7O. The number of carbonyl (C=O) groups is 1. The van der Waals surface area contributed by atoms with Gasteiger partial charge in [-0.2, -0.15) is 5.26 Å². The van der Waals surface area contributed by atoms with E-state index in [1.54, 1.807) is 36.8 Å². The van der Waals surface area contributed by atoms with E-state index in [4.69, 9.17) is 0 Å². The Balaban J connectivity index is 1.30. The van der Waals surface area contributed by atoms with Gasteiger partial charge >= 0.3 is 0 Å². The van der Waals surface area contributed by atoms with E-state index in [0.717, 1.165) is 41.2 Å². The second-order valence-electron chi connectivity index (χ2n) is 8.28. The number of nitrogens with zero attached hydrogens (tertiary/aromatic N) is 4. The Labute approximate surface area is 203 Å². The Morgan fingerprint density at radius 2 is 1.77 bits per heavy atom. The molecule has 1 amide bonds. The summed E-state index contributed by atoms with van der Waals surface area (Å²) in [5, 5.41) is 18.8. The number of hydrogen-bond donors (Lipinski definition) is 3. The third-order valence-electron chi connectivity index (χ3n) is 5.85. The summed E-state index contributed by atoms with van der Waals surface area (Å²) >= 11 is 0. The van der Waals surface area contributed by atoms with Gasteiger partial charge in [0.2, 0.25) is 0 Å². The van der Waals surface area contributed by atoms with Crippen LogP contribution in [0.25, 0.3) is 0 Å². The Hall–Kier alpha value is -4.77. The Morgan fingerprint density at radius 1 is 0.943 bits per heavy atom. The highest BCUT2D eigenvalue weighted by Gasteiger charge is 2.22. The minimum absolute atomic E-state index is 0.000623. The van der Waals surface area contributed by atoms with Crippen LogP contribution in [0.3, 0.4) is 0 Å². The van der Waals surface area contributed by atoms with Crippen molar-refractivity contribution in [2.24, 2.45) is 5.92 Å². The SMILES string of the molecule is N#CC1CCc2nccc(Nc3cccc(C(=O)Nc4cccc(Nc5ccncc5)n4)c3)c2C1. The van der Waals surface area contributed by atoms with Crippen LogP contribution in [0, 0.1) is 17.2 Å². The minimum atomic E-state index is -0.261. The summed E-state index contributed by atoms with van der Waals surface area (Å²) in [6.45, 7) is 0. The number of anilines is 5. The predicted molar refractivity (Wildman–Crippen MR) is 135 cm³/mol. The van der Waals surface area contributed by atoms with Crippen molar-refractivity contribution in [3.05, 3.63) is 96.1 Å². The summed E-state index contributed by atoms with van der Waals surface area (Å²) in [4.78, 5) is 25.9. The maximum absolute atomic E-state index is 12.9. The molecule has 0 saturated heterocycles. The monoisotopic (exact) mass is 461 g/mol. The molecule has 1 aliphatic rings. The zero-order valence-electron chi connectivity index (χ0n) is 18.9. The number of nitrogens with one attached hydrogen (secondary N) is 3. The summed E-state index contributed by atoms with van der Waals surface area (Å²) in [6, 6.07) is 20.7. The molecule has 35 heavy (non-hydrogen) atoms. The first-order valence-corrected chi connectivity index (χ1v) is 11.4. The van der Waals surface area contributed by atoms with Crippen LogP contribution >= 0.6 is 0 Å². The molecule has 4 aromatic rings. The van der Waals surface area contributed by atoms with Crippen molar-refractivity contribution in [1.82, 2.24) is 15.0 Å². The van der Waals surface area contributed by atoms with Gasteiger partial charge in [-0.1, -0.05) is 12.1 Å². The van der Waals surface area contributed by atoms with E-state index in [2.05, 4.69) is 37.0 Å². The molecule has 0 spiro atoms. The molecule has 0 bridgehead atoms. The second kappa shape index (κ2) is 10.0. The lowest BCUT2D eigenvalue weighted by atomic mass is 9.86. The number of aromatic nitrogens is 3. The van der Waals surface area contributed by atoms with E-state index in [0.29, 0.717) is 23.6 Å². The molecule has 5 rings (SSSR count). The van der Waals surface area contributed by atoms with Crippen LogP contribution in [0.4, 0.5) is 28.7 Å². The van der Waals surface area contributed by atoms with Crippen molar-refractivity contribution in [2.75, 3.05) is 16.0 Å². The van der Waals surface area contributed by atoms with Gasteiger partial charge in [-0.05, 0) is 73.4 Å². The molecule has 172 valence electrons. The van der Waals surface area contributed by atoms with Crippen LogP contribution in [-0.4, -0.2) is 20.9 Å². The van der Waals surface area contributed by atoms with Crippen LogP contribution in [0.2, 0.25) is 0 Å². The maximum atomic E-state index is 12.9. The van der Waals surface area contributed by atoms with Gasteiger partial charge in [0.15, 0.2) is 0 Å². The van der Waals surface area contributed by atoms with E-state index in [1.165, 1.54) is 0 Å². The zero-order chi connectivity index (χ0) is 24.0. The highest BCUT2D eigenvalue weighted by Crippen LogP contribution is 2.31. The Bertz CT molecular complexity index is 1400. The highest BCUT2D eigenvalue weighted by molar-refractivity contribution is 6.04. The van der Waals surface area contributed by atoms with Crippen molar-refractivity contribution < 1.29 is 4.79 Å². The summed E-state index contributed by atoms with van der Waals surface area (Å²) in [6.07, 6.45) is 7.48. The van der Waals surface area contributed by atoms with Crippen molar-refractivity contribution in [3.63, 3.8) is 0 Å². The number of carbonyl (C=O) groups excluding carboxylic acids is 1. The van der Waals surface area contributed by atoms with Gasteiger partial charge < -0.3 is 16.0 Å². The third kappa shape index (κ3) is 5.25. The van der Waals surface area contributed by atoms with E-state index < -0.39 is 0 Å². The van der Waals surface area contributed by atoms with Crippen LogP contribution < -0.4 is 16.0 Å². The Kier molecular flexibility index (Phi) is 6.31. The summed E-state index contributed by atoms with van der Waals surface area (Å²) in [5.74, 6) is 0.796. The van der Waals surface area contributed by atoms with Gasteiger partial charge in [0.1, 0.15) is 11.6 Å². The molecule has 0 fully saturated rings. The van der Waals surface area contributed by atoms with Crippen molar-refractivity contribution >= 4 is 34.6 Å². The average Bonchev–Trinajstić information content (AvgIpc) is 2.89. The van der Waals surface area contributed by atoms with Gasteiger partial charge in [-0.3, -0.25) is 14.8 Å². The van der Waals surface area contributed by atoms with Gasteiger partial charge in [-0.15, -0.1) is 0 Å². The molecule has 0 saturated carbocycles. The highest BCUT2D eigenvalue weighted by atomic mass is 16.1. The standard InChI is InChI=1S/C27H23N7O/c28-17-18-7-8-23-22(15-18)24(11-14-30-23)31-21-4-1-3-19(16-21)27(35)34-26-6-2-5-25(33-26)32-20-9-12-29-13-10-20/h1-6,9-14,16,18H,7-8,15H2,(H,30,31)(H2,29,32,33,34,35). The van der Waals surface area contributed by atoms with E-state index in [9.17, 15) is 10.1 Å². The lowest BCUT2D eigenvalue weighted by Gasteiger charge is -2.22. The zero-order valence-corrected chi connectivity index (χ0v) is 18.9. The molecular weight excluding hydrogens is 438 g/mol. The normalized spacial score (nSPS) is 14.3. The summed E-state index contributed by atoms with van der Waals surface area (Å²) < 4.78 is 0. The van der Waals surface area contributed by atoms with Crippen LogP contribution in [0.1, 0.15) is 28.0 Å². The van der Waals surface area contributed by atoms with Gasteiger partial charge in [0.25, 0.3) is 5.91 Å². The molecule has 8 nitrogen and oxygen atoms in total. The third-order valence-corrected chi connectivity index (χ3v) is 5.85. The Morgan fingerprint density at radius 3 is 2.63 bits per heavy atom. The summed E-state index contributed by atoms with van der Waals surface area (Å²) in [7, 11) is 0. The predicted octanol–water partition coefficient (Wildman–Crippen LogP) is 5.24. The van der Waals surface area contributed by atoms with Crippen molar-refractivity contribution in [1.29, 1.82) is 5.26 Å². The molecule has 1 unspecified atom stereocenters. The molecule has 3 heterocycles. The lowest BCUT2D eigenvalue weighted by molar-refractivity contribution is 0.102. The molecule has 1 aromatic carbocycles. The number of fused-ring (bicyclic) bond motifs is 1. The number of amides is 1. The number of benzene rings is 1. The van der Waals surface area contributed by atoms with Crippen molar-refractivity contribution in [3.8, 4) is 6.07 Å². The van der Waals surface area contributed by atoms with Crippen LogP contribution in [0.15, 0.2) is 79.3 Å². The van der Waals surface area contributed by atoms with E-state index in [-0.39, 0.29) is 11.8 Å². The number of pyridine rings is 3. The minimum Gasteiger partial charge on any atom is -0.355 e. The first-order chi connectivity index (χ1) is 17.2. The van der Waals surface area contributed by atoms with E-state index in [1.807, 2.05) is 42.5 Å². The molecule has 0 aliphatic heterocycles. The van der Waals surface area contributed by atoms with Gasteiger partial charge in [0.05, 0.1) is 12.0 Å². The lowest BCUT2D eigenvalue weighted by Crippen LogP contribution is -2.16. The fourth-order valence-corrected chi connectivity index (χ4v) is 4.10. The molecule has 1 atom stereocenters. The molecule has 8 heteroatoms. The summed E-state index contributed by atoms with van der Waals surface area (Å²) in [5.41, 5.74) is 5.16. The topological polar surface area (TPSA) is 116 Å². The van der Waals surface area contributed by atoms with Crippen LogP contribution in [-0.2, 0) is 12.8 Å². The largest absolute Gasteiger partial charge is 0.355 e. The number of rotatable bonds is 6. The number of aryl methyl sites for hydroxylation is 1. The first-order valence-electron chi connectivity index (χ1n) is 11.4. The molecule has 1 aliphatic carbocycles. The molecule has 0 radical (unpaired) electrons. The first kappa shape index (κ1) is 22.0. The number of nitriles is 1. The maximum Gasteiger partial charge on any atom is 0.256 e. The fraction of sp³-hybridized carbons (Fsp3) is 0.148. The smallest absolute Gasteiger partial charge is 0.256 e. The van der Waals surface area contributed by atoms with Gasteiger partial charge in [0, 0.05) is 46.9 Å². The van der Waals surface area contributed by atoms with Gasteiger partial charge in [-0.25, -0.2) is 4.98 Å². The van der Waals surface area contributed by atoms with E-state index >= 15 is 0 Å². The quantitative estimate of drug-likeness (QED) is 0.360. The second-order valence-corrected chi connectivity index (χ2v) is 8.28. The molecule has 3 aromatic heterocycles. The fourth-order valence-electron chi connectivity index (χ4n) is 4.10. The number of hydrogen-bond acceptors (Lipinski definition) is 7. The molecule has 3 N–H and O–H groups in total. The van der Waals surface area contributed by atoms with Crippen molar-refractivity contribution in [2.45, 2.75) is 19.3 Å².